The molecule has 2 aliphatic carbocycles. The quantitative estimate of drug-likeness (QED) is 0.168. The highest BCUT2D eigenvalue weighted by Gasteiger charge is 2.36. The monoisotopic (exact) mass is 770 g/mol. The van der Waals surface area contributed by atoms with Gasteiger partial charge in [-0.05, 0) is 112 Å². The molecule has 10 aromatic rings. The molecule has 0 aliphatic heterocycles. The summed E-state index contributed by atoms with van der Waals surface area (Å²) in [5, 5.41) is 4.77. The van der Waals surface area contributed by atoms with Gasteiger partial charge in [0.2, 0.25) is 0 Å². The second kappa shape index (κ2) is 13.3. The number of aromatic nitrogens is 1. The molecule has 1 unspecified atom stereocenters. The molecule has 286 valence electrons. The largest absolute Gasteiger partial charge is 0.454 e. The van der Waals surface area contributed by atoms with Crippen molar-refractivity contribution < 1.29 is 4.42 Å². The number of para-hydroxylation sites is 3. The lowest BCUT2D eigenvalue weighted by Crippen LogP contribution is -2.17. The summed E-state index contributed by atoms with van der Waals surface area (Å²) in [4.78, 5) is 2.36. The third kappa shape index (κ3) is 5.29. The van der Waals surface area contributed by atoms with E-state index in [9.17, 15) is 0 Å². The van der Waals surface area contributed by atoms with E-state index in [4.69, 9.17) is 4.42 Å². The van der Waals surface area contributed by atoms with Crippen LogP contribution in [0.15, 0.2) is 210 Å². The molecule has 0 amide bonds. The molecule has 0 fully saturated rings. The number of fused-ring (bicyclic) bond motifs is 9. The Morgan fingerprint density at radius 3 is 2.10 bits per heavy atom. The highest BCUT2D eigenvalue weighted by molar-refractivity contribution is 6.13. The van der Waals surface area contributed by atoms with Gasteiger partial charge in [0.1, 0.15) is 5.58 Å². The third-order valence-corrected chi connectivity index (χ3v) is 13.1. The van der Waals surface area contributed by atoms with Crippen molar-refractivity contribution in [2.24, 2.45) is 0 Å². The predicted octanol–water partition coefficient (Wildman–Crippen LogP) is 15.4. The zero-order chi connectivity index (χ0) is 40.0. The number of hydrogen-bond acceptors (Lipinski definition) is 2. The minimum Gasteiger partial charge on any atom is -0.454 e. The highest BCUT2D eigenvalue weighted by atomic mass is 16.3. The fraction of sp³-hybridized carbons (Fsp3) is 0.0877. The summed E-state index contributed by atoms with van der Waals surface area (Å²) in [6.45, 7) is 4.73. The molecule has 8 aromatic carbocycles. The maximum atomic E-state index is 6.63. The van der Waals surface area contributed by atoms with Crippen LogP contribution >= 0.6 is 0 Å². The van der Waals surface area contributed by atoms with E-state index in [0.29, 0.717) is 5.92 Å². The van der Waals surface area contributed by atoms with Gasteiger partial charge in [-0.2, -0.15) is 0 Å². The summed E-state index contributed by atoms with van der Waals surface area (Å²) in [5.41, 5.74) is 17.7. The molecular weight excluding hydrogens is 729 g/mol. The van der Waals surface area contributed by atoms with E-state index in [1.54, 1.807) is 0 Å². The van der Waals surface area contributed by atoms with Gasteiger partial charge in [0.15, 0.2) is 5.58 Å². The summed E-state index contributed by atoms with van der Waals surface area (Å²) in [6, 6.07) is 66.3. The van der Waals surface area contributed by atoms with Crippen LogP contribution in [-0.2, 0) is 5.41 Å². The predicted molar refractivity (Wildman–Crippen MR) is 251 cm³/mol. The molecule has 0 saturated heterocycles. The van der Waals surface area contributed by atoms with E-state index in [1.807, 2.05) is 6.07 Å². The van der Waals surface area contributed by atoms with Gasteiger partial charge in [-0.15, -0.1) is 0 Å². The van der Waals surface area contributed by atoms with Crippen molar-refractivity contribution in [3.8, 4) is 27.9 Å². The summed E-state index contributed by atoms with van der Waals surface area (Å²) in [7, 11) is 0. The molecular formula is C57H42N2O. The van der Waals surface area contributed by atoms with Crippen molar-refractivity contribution in [3.63, 3.8) is 0 Å². The van der Waals surface area contributed by atoms with Crippen molar-refractivity contribution in [2.75, 3.05) is 4.90 Å². The Labute approximate surface area is 349 Å². The Balaban J connectivity index is 0.987. The molecule has 3 nitrogen and oxygen atoms in total. The summed E-state index contributed by atoms with van der Waals surface area (Å²) < 4.78 is 9.08. The Hall–Kier alpha value is -7.36. The number of rotatable bonds is 6. The van der Waals surface area contributed by atoms with E-state index < -0.39 is 0 Å². The van der Waals surface area contributed by atoms with Crippen LogP contribution in [0.4, 0.5) is 11.4 Å². The standard InChI is InChI=1S/C57H42N2O/c1-57(2)50-21-11-9-18-44(50)47-35-49-48-34-40(28-33-52(48)59(54(49)36-51(47)57)41-16-7-4-8-17-41)39-26-31-43(32-27-39)58(42-29-24-38(25-30-42)37-14-5-3-6-15-37)53-22-13-20-46-45-19-10-12-23-55(45)60-56(46)53/h3-24,26-36,38H,25H2,1-2H3. The van der Waals surface area contributed by atoms with E-state index in [2.05, 4.69) is 217 Å². The van der Waals surface area contributed by atoms with Gasteiger partial charge >= 0.3 is 0 Å². The van der Waals surface area contributed by atoms with Gasteiger partial charge in [-0.1, -0.05) is 147 Å². The smallest absolute Gasteiger partial charge is 0.159 e. The van der Waals surface area contributed by atoms with Gasteiger partial charge in [0.05, 0.1) is 16.7 Å². The molecule has 60 heavy (non-hydrogen) atoms. The zero-order valence-electron chi connectivity index (χ0n) is 33.6. The Morgan fingerprint density at radius 2 is 1.28 bits per heavy atom. The van der Waals surface area contributed by atoms with E-state index in [-0.39, 0.29) is 5.41 Å². The van der Waals surface area contributed by atoms with Gasteiger partial charge < -0.3 is 13.9 Å². The van der Waals surface area contributed by atoms with Crippen LogP contribution in [-0.4, -0.2) is 4.57 Å². The zero-order valence-corrected chi connectivity index (χ0v) is 33.6. The number of nitrogens with zero attached hydrogens (tertiary/aromatic N) is 2. The van der Waals surface area contributed by atoms with Crippen molar-refractivity contribution >= 4 is 55.1 Å². The molecule has 0 bridgehead atoms. The first-order chi connectivity index (χ1) is 29.5. The first-order valence-corrected chi connectivity index (χ1v) is 21.0. The minimum atomic E-state index is -0.0815. The van der Waals surface area contributed by atoms with Gasteiger partial charge in [0.25, 0.3) is 0 Å². The second-order valence-corrected chi connectivity index (χ2v) is 16.9. The number of hydrogen-bond donors (Lipinski definition) is 0. The van der Waals surface area contributed by atoms with E-state index in [0.717, 1.165) is 45.4 Å². The summed E-state index contributed by atoms with van der Waals surface area (Å²) >= 11 is 0. The average Bonchev–Trinajstić information content (AvgIpc) is 3.92. The highest BCUT2D eigenvalue weighted by Crippen LogP contribution is 2.51. The van der Waals surface area contributed by atoms with Crippen molar-refractivity contribution in [3.05, 3.63) is 223 Å². The maximum absolute atomic E-state index is 6.63. The fourth-order valence-electron chi connectivity index (χ4n) is 10.1. The molecule has 1 atom stereocenters. The lowest BCUT2D eigenvalue weighted by Gasteiger charge is -2.29. The molecule has 12 rings (SSSR count). The third-order valence-electron chi connectivity index (χ3n) is 13.1. The van der Waals surface area contributed by atoms with Crippen molar-refractivity contribution in [1.82, 2.24) is 4.57 Å². The molecule has 2 heterocycles. The van der Waals surface area contributed by atoms with Gasteiger partial charge in [0, 0.05) is 49.9 Å². The van der Waals surface area contributed by atoms with Crippen LogP contribution in [0.3, 0.4) is 0 Å². The fourth-order valence-corrected chi connectivity index (χ4v) is 10.1. The molecule has 2 aliphatic rings. The molecule has 0 radical (unpaired) electrons. The number of allylic oxidation sites excluding steroid dienone is 3. The first-order valence-electron chi connectivity index (χ1n) is 21.0. The van der Waals surface area contributed by atoms with Crippen LogP contribution in [0, 0.1) is 0 Å². The number of anilines is 2. The van der Waals surface area contributed by atoms with E-state index in [1.165, 1.54) is 66.4 Å². The molecule has 0 saturated carbocycles. The van der Waals surface area contributed by atoms with Gasteiger partial charge in [-0.25, -0.2) is 0 Å². The molecule has 0 N–H and O–H groups in total. The van der Waals surface area contributed by atoms with Crippen molar-refractivity contribution in [2.45, 2.75) is 31.6 Å². The number of furan rings is 1. The maximum Gasteiger partial charge on any atom is 0.159 e. The summed E-state index contributed by atoms with van der Waals surface area (Å²) in [6.07, 6.45) is 7.92. The molecule has 0 spiro atoms. The normalized spacial score (nSPS) is 15.4. The van der Waals surface area contributed by atoms with Crippen LogP contribution in [0.2, 0.25) is 0 Å². The van der Waals surface area contributed by atoms with Crippen LogP contribution < -0.4 is 4.90 Å². The Morgan fingerprint density at radius 1 is 0.567 bits per heavy atom. The molecule has 3 heteroatoms. The molecule has 2 aromatic heterocycles. The Kier molecular flexibility index (Phi) is 7.71. The topological polar surface area (TPSA) is 21.3 Å². The summed E-state index contributed by atoms with van der Waals surface area (Å²) in [5.74, 6) is 0.339. The van der Waals surface area contributed by atoms with Gasteiger partial charge in [-0.3, -0.25) is 0 Å². The van der Waals surface area contributed by atoms with Crippen LogP contribution in [0.1, 0.15) is 42.9 Å². The SMILES string of the molecule is CC1(C)c2ccccc2-c2cc3c4cc(-c5ccc(N(C6=CCC(c7ccccc7)C=C6)c6cccc7c6oc6ccccc67)cc5)ccc4n(-c4ccccc4)c3cc21. The second-order valence-electron chi connectivity index (χ2n) is 16.9. The Bertz CT molecular complexity index is 3360. The lowest BCUT2D eigenvalue weighted by molar-refractivity contribution is 0.661. The average molecular weight is 771 g/mol. The minimum absolute atomic E-state index is 0.0815. The first kappa shape index (κ1) is 34.7. The van der Waals surface area contributed by atoms with E-state index >= 15 is 0 Å². The van der Waals surface area contributed by atoms with Crippen LogP contribution in [0.25, 0.3) is 71.7 Å². The number of benzene rings is 8. The lowest BCUT2D eigenvalue weighted by atomic mass is 9.82. The van der Waals surface area contributed by atoms with Crippen LogP contribution in [0.5, 0.6) is 0 Å². The van der Waals surface area contributed by atoms with Crippen molar-refractivity contribution in [1.29, 1.82) is 0 Å².